The molecule has 3 heterocycles. The fraction of sp³-hybridized carbons (Fsp3) is 0.450. The molecule has 10 nitrogen and oxygen atoms in total. The zero-order valence-electron chi connectivity index (χ0n) is 18.0. The maximum atomic E-state index is 12.7. The molecule has 0 spiro atoms. The maximum Gasteiger partial charge on any atom is 0.328 e. The summed E-state index contributed by atoms with van der Waals surface area (Å²) in [7, 11) is -3.84. The number of sulfone groups is 1. The Kier molecular flexibility index (Phi) is 6.23. The summed E-state index contributed by atoms with van der Waals surface area (Å²) in [6, 6.07) is 1.41. The van der Waals surface area contributed by atoms with Crippen LogP contribution in [0.1, 0.15) is 48.3 Å². The number of carbonyl (C=O) groups is 2. The van der Waals surface area contributed by atoms with E-state index in [9.17, 15) is 23.1 Å². The minimum absolute atomic E-state index is 0.0130. The van der Waals surface area contributed by atoms with Gasteiger partial charge in [-0.25, -0.2) is 23.7 Å². The summed E-state index contributed by atoms with van der Waals surface area (Å²) < 4.78 is 23.7. The Balaban J connectivity index is 1.71. The van der Waals surface area contributed by atoms with Crippen LogP contribution in [-0.2, 0) is 26.8 Å². The van der Waals surface area contributed by atoms with E-state index in [1.807, 2.05) is 0 Å². The van der Waals surface area contributed by atoms with Crippen LogP contribution in [0.3, 0.4) is 0 Å². The molecule has 1 aliphatic heterocycles. The Hall–Kier alpha value is -2.72. The first-order valence-corrected chi connectivity index (χ1v) is 12.3. The molecule has 1 atom stereocenters. The monoisotopic (exact) mass is 480 g/mol. The van der Waals surface area contributed by atoms with Gasteiger partial charge in [0.25, 0.3) is 5.91 Å². The van der Waals surface area contributed by atoms with Gasteiger partial charge in [-0.15, -0.1) is 11.3 Å². The van der Waals surface area contributed by atoms with E-state index in [0.29, 0.717) is 21.1 Å². The number of hydrogen-bond acceptors (Lipinski definition) is 8. The van der Waals surface area contributed by atoms with E-state index in [-0.39, 0.29) is 25.5 Å². The Morgan fingerprint density at radius 3 is 2.56 bits per heavy atom. The molecule has 0 saturated heterocycles. The summed E-state index contributed by atoms with van der Waals surface area (Å²) in [5.41, 5.74) is 1.68. The van der Waals surface area contributed by atoms with Crippen molar-refractivity contribution >= 4 is 33.1 Å². The van der Waals surface area contributed by atoms with Crippen LogP contribution in [-0.4, -0.2) is 62.7 Å². The van der Waals surface area contributed by atoms with Crippen molar-refractivity contribution in [3.8, 4) is 11.8 Å². The first kappa shape index (κ1) is 23.9. The van der Waals surface area contributed by atoms with Crippen molar-refractivity contribution in [2.75, 3.05) is 12.8 Å². The molecule has 0 aromatic carbocycles. The number of aliphatic hydroxyl groups is 1. The van der Waals surface area contributed by atoms with Crippen molar-refractivity contribution in [2.45, 2.75) is 44.1 Å². The second-order valence-electron chi connectivity index (χ2n) is 8.33. The van der Waals surface area contributed by atoms with Gasteiger partial charge in [0.05, 0.1) is 17.6 Å². The molecule has 12 heteroatoms. The Labute approximate surface area is 189 Å². The van der Waals surface area contributed by atoms with E-state index in [4.69, 9.17) is 5.21 Å². The van der Waals surface area contributed by atoms with Crippen LogP contribution in [0.15, 0.2) is 18.5 Å². The summed E-state index contributed by atoms with van der Waals surface area (Å²) in [5.74, 6) is 4.91. The topological polar surface area (TPSA) is 142 Å². The van der Waals surface area contributed by atoms with Crippen molar-refractivity contribution in [3.63, 3.8) is 0 Å². The van der Waals surface area contributed by atoms with Crippen LogP contribution in [0, 0.1) is 11.8 Å². The van der Waals surface area contributed by atoms with Gasteiger partial charge >= 0.3 is 6.03 Å². The fourth-order valence-corrected chi connectivity index (χ4v) is 4.76. The number of hydroxylamine groups is 1. The number of carbonyl (C=O) groups excluding carboxylic acids is 2. The molecule has 1 unspecified atom stereocenters. The molecule has 0 aliphatic carbocycles. The number of nitrogens with one attached hydrogen (secondary N) is 1. The van der Waals surface area contributed by atoms with Crippen LogP contribution in [0.2, 0.25) is 0 Å². The van der Waals surface area contributed by atoms with Gasteiger partial charge in [0.15, 0.2) is 14.6 Å². The van der Waals surface area contributed by atoms with Gasteiger partial charge in [0.1, 0.15) is 10.6 Å². The van der Waals surface area contributed by atoms with Gasteiger partial charge < -0.3 is 10.0 Å². The third-order valence-corrected chi connectivity index (χ3v) is 8.60. The quantitative estimate of drug-likeness (QED) is 0.319. The zero-order valence-corrected chi connectivity index (χ0v) is 19.7. The zero-order chi connectivity index (χ0) is 23.9. The average Bonchev–Trinajstić information content (AvgIpc) is 3.39. The summed E-state index contributed by atoms with van der Waals surface area (Å²) in [4.78, 5) is 30.9. The molecule has 3 rings (SSSR count). The van der Waals surface area contributed by atoms with E-state index in [1.165, 1.54) is 33.2 Å². The van der Waals surface area contributed by atoms with Gasteiger partial charge in [-0.05, 0) is 39.2 Å². The largest absolute Gasteiger partial charge is 0.383 e. The number of rotatable bonds is 6. The lowest BCUT2D eigenvalue weighted by molar-refractivity contribution is -0.131. The minimum Gasteiger partial charge on any atom is -0.383 e. The number of thiazole rings is 1. The van der Waals surface area contributed by atoms with Crippen molar-refractivity contribution in [1.82, 2.24) is 19.9 Å². The maximum absolute atomic E-state index is 12.7. The van der Waals surface area contributed by atoms with E-state index in [0.717, 1.165) is 6.26 Å². The summed E-state index contributed by atoms with van der Waals surface area (Å²) in [6.07, 6.45) is 3.92. The number of nitrogens with zero attached hydrogens (tertiary/aromatic N) is 3. The van der Waals surface area contributed by atoms with Gasteiger partial charge in [-0.2, -0.15) is 0 Å². The van der Waals surface area contributed by atoms with Crippen LogP contribution >= 0.6 is 11.3 Å². The summed E-state index contributed by atoms with van der Waals surface area (Å²) >= 11 is 1.29. The highest BCUT2D eigenvalue weighted by atomic mass is 32.2. The second kappa shape index (κ2) is 8.32. The standard InChI is InChI=1S/C20H24N4O6S2/c1-19(2,27)17-21-10-15(31-17)6-5-13-9-14-12-23(18(26)24(14)11-13)8-7-20(3,16(25)22-28)32(4,29)30/h9-11,27-28H,7-8,12H2,1-4H3,(H,22,25). The smallest absolute Gasteiger partial charge is 0.328 e. The first-order chi connectivity index (χ1) is 14.8. The van der Waals surface area contributed by atoms with E-state index in [1.54, 1.807) is 32.3 Å². The molecule has 0 bridgehead atoms. The molecule has 172 valence electrons. The van der Waals surface area contributed by atoms with Crippen molar-refractivity contribution in [1.29, 1.82) is 0 Å². The van der Waals surface area contributed by atoms with Crippen LogP contribution in [0.25, 0.3) is 0 Å². The van der Waals surface area contributed by atoms with Gasteiger partial charge in [0.2, 0.25) is 0 Å². The molecule has 0 fully saturated rings. The molecular weight excluding hydrogens is 456 g/mol. The third-order valence-electron chi connectivity index (χ3n) is 5.35. The molecule has 32 heavy (non-hydrogen) atoms. The van der Waals surface area contributed by atoms with E-state index >= 15 is 0 Å². The molecule has 2 amide bonds. The molecule has 3 N–H and O–H groups in total. The number of fused-ring (bicyclic) bond motifs is 1. The Morgan fingerprint density at radius 2 is 2.03 bits per heavy atom. The van der Waals surface area contributed by atoms with E-state index in [2.05, 4.69) is 16.8 Å². The molecular formula is C20H24N4O6S2. The number of amides is 2. The minimum atomic E-state index is -3.84. The number of hydrogen-bond donors (Lipinski definition) is 3. The normalized spacial score (nSPS) is 15.7. The fourth-order valence-electron chi connectivity index (χ4n) is 3.15. The first-order valence-electron chi connectivity index (χ1n) is 9.61. The predicted molar refractivity (Wildman–Crippen MR) is 117 cm³/mol. The SMILES string of the molecule is CC(C)(O)c1ncc(C#Cc2cc3n(c2)C(=O)N(CCC(C)(C(=O)NO)S(C)(=O)=O)C3)s1. The Bertz CT molecular complexity index is 1230. The second-order valence-corrected chi connectivity index (χ2v) is 11.8. The average molecular weight is 481 g/mol. The molecule has 2 aromatic rings. The highest BCUT2D eigenvalue weighted by molar-refractivity contribution is 7.92. The van der Waals surface area contributed by atoms with Crippen LogP contribution in [0.4, 0.5) is 4.79 Å². The highest BCUT2D eigenvalue weighted by Gasteiger charge is 2.44. The lowest BCUT2D eigenvalue weighted by atomic mass is 10.1. The van der Waals surface area contributed by atoms with Crippen LogP contribution < -0.4 is 5.48 Å². The van der Waals surface area contributed by atoms with Gasteiger partial charge in [0, 0.05) is 30.3 Å². The van der Waals surface area contributed by atoms with E-state index < -0.39 is 26.1 Å². The highest BCUT2D eigenvalue weighted by Crippen LogP contribution is 2.26. The summed E-state index contributed by atoms with van der Waals surface area (Å²) in [5, 5.41) is 19.5. The molecule has 2 aromatic heterocycles. The van der Waals surface area contributed by atoms with Gasteiger partial charge in [-0.3, -0.25) is 14.6 Å². The van der Waals surface area contributed by atoms with Gasteiger partial charge in [-0.1, -0.05) is 5.92 Å². The van der Waals surface area contributed by atoms with Crippen molar-refractivity contribution in [3.05, 3.63) is 39.6 Å². The predicted octanol–water partition coefficient (Wildman–Crippen LogP) is 1.05. The molecule has 0 saturated carbocycles. The van der Waals surface area contributed by atoms with Crippen LogP contribution in [0.5, 0.6) is 0 Å². The van der Waals surface area contributed by atoms with Crippen molar-refractivity contribution < 1.29 is 28.3 Å². The summed E-state index contributed by atoms with van der Waals surface area (Å²) in [6.45, 7) is 4.76. The molecule has 1 aliphatic rings. The third kappa shape index (κ3) is 4.56. The Morgan fingerprint density at radius 1 is 1.34 bits per heavy atom. The van der Waals surface area contributed by atoms with Crippen molar-refractivity contribution in [2.24, 2.45) is 0 Å². The lowest BCUT2D eigenvalue weighted by Gasteiger charge is -2.27. The number of aromatic nitrogens is 2. The lowest BCUT2D eigenvalue weighted by Crippen LogP contribution is -2.50. The molecule has 0 radical (unpaired) electrons.